The Morgan fingerprint density at radius 1 is 1.18 bits per heavy atom. The summed E-state index contributed by atoms with van der Waals surface area (Å²) < 4.78 is 12.0. The fourth-order valence-electron chi connectivity index (χ4n) is 3.15. The highest BCUT2D eigenvalue weighted by Gasteiger charge is 2.24. The standard InChI is InChI=1S/C21H18N2O5/c1-12-20(25)22-17-10-14(3-6-19(17)28-12)18(24)11-23-8-7-13-9-15(27-2)4-5-16(13)21(23)26/h3-10,12H,11H2,1-2H3,(H,22,25). The average molecular weight is 378 g/mol. The lowest BCUT2D eigenvalue weighted by atomic mass is 10.1. The number of pyridine rings is 1. The van der Waals surface area contributed by atoms with Gasteiger partial charge in [-0.25, -0.2) is 0 Å². The lowest BCUT2D eigenvalue weighted by molar-refractivity contribution is -0.122. The van der Waals surface area contributed by atoms with Gasteiger partial charge in [0.1, 0.15) is 11.5 Å². The minimum absolute atomic E-state index is 0.106. The van der Waals surface area contributed by atoms with Gasteiger partial charge < -0.3 is 19.4 Å². The van der Waals surface area contributed by atoms with Crippen molar-refractivity contribution in [3.8, 4) is 11.5 Å². The number of ketones is 1. The number of methoxy groups -OCH3 is 1. The van der Waals surface area contributed by atoms with Gasteiger partial charge in [-0.1, -0.05) is 0 Å². The predicted molar refractivity (Wildman–Crippen MR) is 104 cm³/mol. The minimum Gasteiger partial charge on any atom is -0.497 e. The van der Waals surface area contributed by atoms with Crippen LogP contribution in [0.2, 0.25) is 0 Å². The highest BCUT2D eigenvalue weighted by Crippen LogP contribution is 2.30. The first-order valence-corrected chi connectivity index (χ1v) is 8.78. The molecule has 0 bridgehead atoms. The number of nitrogens with one attached hydrogen (secondary N) is 1. The Hall–Kier alpha value is -3.61. The lowest BCUT2D eigenvalue weighted by Gasteiger charge is -2.23. The van der Waals surface area contributed by atoms with Crippen molar-refractivity contribution in [2.45, 2.75) is 19.6 Å². The molecular weight excluding hydrogens is 360 g/mol. The van der Waals surface area contributed by atoms with Crippen molar-refractivity contribution in [2.24, 2.45) is 0 Å². The van der Waals surface area contributed by atoms with Crippen LogP contribution in [0.5, 0.6) is 11.5 Å². The molecule has 1 amide bonds. The Labute approximate surface area is 160 Å². The Balaban J connectivity index is 1.62. The normalized spacial score (nSPS) is 15.5. The zero-order chi connectivity index (χ0) is 19.8. The van der Waals surface area contributed by atoms with Crippen LogP contribution in [0.15, 0.2) is 53.5 Å². The van der Waals surface area contributed by atoms with Crippen molar-refractivity contribution in [1.29, 1.82) is 0 Å². The fraction of sp³-hybridized carbons (Fsp3) is 0.190. The van der Waals surface area contributed by atoms with Crippen molar-refractivity contribution >= 4 is 28.2 Å². The van der Waals surface area contributed by atoms with Crippen LogP contribution in [0, 0.1) is 0 Å². The van der Waals surface area contributed by atoms with Gasteiger partial charge in [0, 0.05) is 17.1 Å². The third-order valence-corrected chi connectivity index (χ3v) is 4.73. The largest absolute Gasteiger partial charge is 0.497 e. The van der Waals surface area contributed by atoms with Crippen LogP contribution in [0.25, 0.3) is 10.8 Å². The molecule has 1 unspecified atom stereocenters. The quantitative estimate of drug-likeness (QED) is 0.705. The van der Waals surface area contributed by atoms with Crippen LogP contribution in [-0.2, 0) is 11.3 Å². The molecule has 1 aliphatic heterocycles. The molecule has 0 spiro atoms. The van der Waals surface area contributed by atoms with Gasteiger partial charge in [0.2, 0.25) is 0 Å². The molecule has 7 nitrogen and oxygen atoms in total. The van der Waals surface area contributed by atoms with Crippen molar-refractivity contribution < 1.29 is 19.1 Å². The number of ether oxygens (including phenoxy) is 2. The molecule has 28 heavy (non-hydrogen) atoms. The number of benzene rings is 2. The molecule has 2 heterocycles. The second kappa shape index (κ2) is 6.84. The second-order valence-electron chi connectivity index (χ2n) is 6.59. The van der Waals surface area contributed by atoms with E-state index in [1.165, 1.54) is 4.57 Å². The number of anilines is 1. The van der Waals surface area contributed by atoms with E-state index in [4.69, 9.17) is 9.47 Å². The van der Waals surface area contributed by atoms with Crippen LogP contribution in [0.4, 0.5) is 5.69 Å². The zero-order valence-corrected chi connectivity index (χ0v) is 15.4. The molecular formula is C21H18N2O5. The second-order valence-corrected chi connectivity index (χ2v) is 6.59. The highest BCUT2D eigenvalue weighted by molar-refractivity contribution is 6.01. The number of fused-ring (bicyclic) bond motifs is 2. The molecule has 1 atom stereocenters. The Kier molecular flexibility index (Phi) is 4.35. The highest BCUT2D eigenvalue weighted by atomic mass is 16.5. The molecule has 0 saturated heterocycles. The van der Waals surface area contributed by atoms with Crippen LogP contribution < -0.4 is 20.3 Å². The van der Waals surface area contributed by atoms with Gasteiger partial charge in [0.25, 0.3) is 11.5 Å². The Morgan fingerprint density at radius 3 is 2.79 bits per heavy atom. The van der Waals surface area contributed by atoms with Gasteiger partial charge in [-0.15, -0.1) is 0 Å². The van der Waals surface area contributed by atoms with Crippen LogP contribution in [0.1, 0.15) is 17.3 Å². The van der Waals surface area contributed by atoms with Crippen LogP contribution in [0.3, 0.4) is 0 Å². The summed E-state index contributed by atoms with van der Waals surface area (Å²) in [6, 6.07) is 11.8. The van der Waals surface area contributed by atoms with E-state index in [0.29, 0.717) is 28.1 Å². The number of Topliss-reactive ketones (excluding diaryl/α,β-unsaturated/α-hetero) is 1. The Morgan fingerprint density at radius 2 is 2.00 bits per heavy atom. The minimum atomic E-state index is -0.580. The molecule has 0 aliphatic carbocycles. The number of rotatable bonds is 4. The van der Waals surface area contributed by atoms with Gasteiger partial charge in [-0.2, -0.15) is 0 Å². The monoisotopic (exact) mass is 378 g/mol. The molecule has 1 N–H and O–H groups in total. The van der Waals surface area contributed by atoms with Gasteiger partial charge >= 0.3 is 0 Å². The number of carbonyl (C=O) groups excluding carboxylic acids is 2. The molecule has 3 aromatic rings. The molecule has 0 fully saturated rings. The van der Waals surface area contributed by atoms with E-state index < -0.39 is 6.10 Å². The van der Waals surface area contributed by atoms with Crippen LogP contribution in [-0.4, -0.2) is 29.5 Å². The smallest absolute Gasteiger partial charge is 0.265 e. The van der Waals surface area contributed by atoms with Gasteiger partial charge in [0.15, 0.2) is 11.9 Å². The number of amides is 1. The van der Waals surface area contributed by atoms with Crippen molar-refractivity contribution in [3.05, 3.63) is 64.6 Å². The maximum absolute atomic E-state index is 12.7. The fourth-order valence-corrected chi connectivity index (χ4v) is 3.15. The molecule has 0 saturated carbocycles. The van der Waals surface area contributed by atoms with Crippen molar-refractivity contribution in [3.63, 3.8) is 0 Å². The summed E-state index contributed by atoms with van der Waals surface area (Å²) in [5.41, 5.74) is 0.586. The topological polar surface area (TPSA) is 86.6 Å². The third kappa shape index (κ3) is 3.11. The van der Waals surface area contributed by atoms with E-state index in [-0.39, 0.29) is 23.8 Å². The van der Waals surface area contributed by atoms with Crippen molar-refractivity contribution in [2.75, 3.05) is 12.4 Å². The Bertz CT molecular complexity index is 1170. The summed E-state index contributed by atoms with van der Waals surface area (Å²) >= 11 is 0. The third-order valence-electron chi connectivity index (χ3n) is 4.73. The summed E-state index contributed by atoms with van der Waals surface area (Å²) in [4.78, 5) is 37.2. The zero-order valence-electron chi connectivity index (χ0n) is 15.4. The lowest BCUT2D eigenvalue weighted by Crippen LogP contribution is -2.34. The maximum Gasteiger partial charge on any atom is 0.265 e. The van der Waals surface area contributed by atoms with Gasteiger partial charge in [0.05, 0.1) is 19.3 Å². The molecule has 1 aromatic heterocycles. The summed E-state index contributed by atoms with van der Waals surface area (Å²) in [5, 5.41) is 3.98. The molecule has 7 heteroatoms. The predicted octanol–water partition coefficient (Wildman–Crippen LogP) is 2.61. The number of hydrogen-bond donors (Lipinski definition) is 1. The first kappa shape index (κ1) is 17.8. The van der Waals surface area contributed by atoms with E-state index in [9.17, 15) is 14.4 Å². The summed E-state index contributed by atoms with van der Waals surface area (Å²) in [6.45, 7) is 1.55. The number of aromatic nitrogens is 1. The number of hydrogen-bond acceptors (Lipinski definition) is 5. The van der Waals surface area contributed by atoms with Crippen molar-refractivity contribution in [1.82, 2.24) is 4.57 Å². The summed E-state index contributed by atoms with van der Waals surface area (Å²) in [6.07, 6.45) is 1.01. The van der Waals surface area contributed by atoms with Gasteiger partial charge in [-0.3, -0.25) is 14.4 Å². The SMILES string of the molecule is COc1ccc2c(=O)n(CC(=O)c3ccc4c(c3)NC(=O)C(C)O4)ccc2c1. The maximum atomic E-state index is 12.7. The summed E-state index contributed by atoms with van der Waals surface area (Å²) in [7, 11) is 1.56. The van der Waals surface area contributed by atoms with E-state index >= 15 is 0 Å². The molecule has 1 aliphatic rings. The van der Waals surface area contributed by atoms with Crippen LogP contribution >= 0.6 is 0 Å². The van der Waals surface area contributed by atoms with E-state index in [1.54, 1.807) is 62.7 Å². The number of carbonyl (C=O) groups is 2. The summed E-state index contributed by atoms with van der Waals surface area (Å²) in [5.74, 6) is 0.665. The first-order valence-electron chi connectivity index (χ1n) is 8.78. The molecule has 0 radical (unpaired) electrons. The van der Waals surface area contributed by atoms with E-state index in [2.05, 4.69) is 5.32 Å². The first-order chi connectivity index (χ1) is 13.5. The van der Waals surface area contributed by atoms with Gasteiger partial charge in [-0.05, 0) is 54.8 Å². The molecule has 2 aromatic carbocycles. The average Bonchev–Trinajstić information content (AvgIpc) is 2.70. The number of nitrogens with zero attached hydrogens (tertiary/aromatic N) is 1. The molecule has 4 rings (SSSR count). The molecule has 142 valence electrons. The van der Waals surface area contributed by atoms with E-state index in [0.717, 1.165) is 5.39 Å². The van der Waals surface area contributed by atoms with E-state index in [1.807, 2.05) is 0 Å².